The molecule has 0 N–H and O–H groups in total. The van der Waals surface area contributed by atoms with Gasteiger partial charge in [-0.15, -0.1) is 0 Å². The zero-order valence-electron chi connectivity index (χ0n) is 10.6. The molecule has 1 amide bonds. The molecule has 1 aliphatic heterocycles. The molecule has 0 aliphatic carbocycles. The first kappa shape index (κ1) is 13.1. The third kappa shape index (κ3) is 2.93. The topological polar surface area (TPSA) is 37.4 Å². The van der Waals surface area contributed by atoms with Crippen molar-refractivity contribution >= 4 is 22.8 Å². The fourth-order valence-electron chi connectivity index (χ4n) is 2.30. The van der Waals surface area contributed by atoms with E-state index in [4.69, 9.17) is 0 Å². The molecule has 2 atom stereocenters. The van der Waals surface area contributed by atoms with E-state index in [0.717, 1.165) is 5.56 Å². The second-order valence-electron chi connectivity index (χ2n) is 4.57. The molecule has 1 aromatic rings. The van der Waals surface area contributed by atoms with Crippen molar-refractivity contribution in [2.45, 2.75) is 31.6 Å². The van der Waals surface area contributed by atoms with Gasteiger partial charge in [-0.05, 0) is 12.5 Å². The summed E-state index contributed by atoms with van der Waals surface area (Å²) < 4.78 is 0. The lowest BCUT2D eigenvalue weighted by molar-refractivity contribution is -0.129. The fourth-order valence-corrected chi connectivity index (χ4v) is 3.23. The first-order chi connectivity index (χ1) is 8.58. The zero-order valence-corrected chi connectivity index (χ0v) is 11.4. The molecular formula is C14H17NO2S. The zero-order chi connectivity index (χ0) is 13.1. The van der Waals surface area contributed by atoms with Crippen LogP contribution in [0.25, 0.3) is 0 Å². The van der Waals surface area contributed by atoms with E-state index < -0.39 is 0 Å². The van der Waals surface area contributed by atoms with Crippen LogP contribution in [0.1, 0.15) is 31.9 Å². The largest absolute Gasteiger partial charge is 0.335 e. The number of thioether (sulfide) groups is 1. The van der Waals surface area contributed by atoms with Gasteiger partial charge in [0.25, 0.3) is 0 Å². The summed E-state index contributed by atoms with van der Waals surface area (Å²) in [6, 6.07) is 10.1. The van der Waals surface area contributed by atoms with Gasteiger partial charge in [-0.1, -0.05) is 42.1 Å². The lowest BCUT2D eigenvalue weighted by atomic mass is 10.1. The molecule has 0 bridgehead atoms. The second-order valence-corrected chi connectivity index (χ2v) is 6.05. The van der Waals surface area contributed by atoms with E-state index in [1.54, 1.807) is 6.92 Å². The Morgan fingerprint density at radius 1 is 1.39 bits per heavy atom. The minimum Gasteiger partial charge on any atom is -0.335 e. The Labute approximate surface area is 112 Å². The maximum Gasteiger partial charge on any atom is 0.224 e. The van der Waals surface area contributed by atoms with Gasteiger partial charge in [-0.3, -0.25) is 9.59 Å². The molecule has 1 fully saturated rings. The van der Waals surface area contributed by atoms with Crippen molar-refractivity contribution in [2.75, 3.05) is 6.54 Å². The molecule has 0 spiro atoms. The summed E-state index contributed by atoms with van der Waals surface area (Å²) in [5.74, 6) is 0.144. The Balaban J connectivity index is 2.06. The highest BCUT2D eigenvalue weighted by Crippen LogP contribution is 2.30. The number of carbonyl (C=O) groups excluding carboxylic acids is 2. The quantitative estimate of drug-likeness (QED) is 0.841. The molecule has 2 unspecified atom stereocenters. The third-order valence-electron chi connectivity index (χ3n) is 3.21. The predicted octanol–water partition coefficient (Wildman–Crippen LogP) is 2.63. The Morgan fingerprint density at radius 3 is 2.67 bits per heavy atom. The Hall–Kier alpha value is -1.29. The van der Waals surface area contributed by atoms with Crippen LogP contribution < -0.4 is 0 Å². The van der Waals surface area contributed by atoms with Crippen molar-refractivity contribution in [3.63, 3.8) is 0 Å². The van der Waals surface area contributed by atoms with Crippen LogP contribution in [-0.4, -0.2) is 27.7 Å². The molecule has 2 rings (SSSR count). The van der Waals surface area contributed by atoms with Crippen LogP contribution in [0.5, 0.6) is 0 Å². The van der Waals surface area contributed by atoms with Crippen LogP contribution >= 0.6 is 11.8 Å². The van der Waals surface area contributed by atoms with Gasteiger partial charge in [0, 0.05) is 25.1 Å². The molecule has 18 heavy (non-hydrogen) atoms. The predicted molar refractivity (Wildman–Crippen MR) is 73.2 cm³/mol. The van der Waals surface area contributed by atoms with E-state index in [0.29, 0.717) is 13.0 Å². The van der Waals surface area contributed by atoms with Crippen LogP contribution in [0.15, 0.2) is 30.3 Å². The number of likely N-dealkylation sites (tertiary alicyclic amines) is 1. The van der Waals surface area contributed by atoms with Crippen LogP contribution in [0.4, 0.5) is 0 Å². The minimum atomic E-state index is 0.0799. The molecule has 4 heteroatoms. The van der Waals surface area contributed by atoms with Crippen LogP contribution in [0, 0.1) is 0 Å². The van der Waals surface area contributed by atoms with Gasteiger partial charge in [-0.25, -0.2) is 0 Å². The molecular weight excluding hydrogens is 246 g/mol. The minimum absolute atomic E-state index is 0.0799. The van der Waals surface area contributed by atoms with Gasteiger partial charge in [0.15, 0.2) is 5.12 Å². The average molecular weight is 263 g/mol. The molecule has 1 saturated heterocycles. The highest BCUT2D eigenvalue weighted by Gasteiger charge is 2.34. The third-order valence-corrected chi connectivity index (χ3v) is 4.19. The van der Waals surface area contributed by atoms with Crippen molar-refractivity contribution in [1.82, 2.24) is 4.90 Å². The van der Waals surface area contributed by atoms with Crippen molar-refractivity contribution in [1.29, 1.82) is 0 Å². The monoisotopic (exact) mass is 263 g/mol. The second kappa shape index (κ2) is 5.57. The smallest absolute Gasteiger partial charge is 0.224 e. The lowest BCUT2D eigenvalue weighted by Crippen LogP contribution is -2.28. The van der Waals surface area contributed by atoms with E-state index in [1.807, 2.05) is 42.2 Å². The van der Waals surface area contributed by atoms with Gasteiger partial charge in [0.2, 0.25) is 5.91 Å². The highest BCUT2D eigenvalue weighted by molar-refractivity contribution is 8.14. The molecule has 0 radical (unpaired) electrons. The average Bonchev–Trinajstić information content (AvgIpc) is 2.69. The number of carbonyl (C=O) groups is 2. The Bertz CT molecular complexity index is 446. The molecule has 1 aliphatic rings. The molecule has 0 aromatic heterocycles. The summed E-state index contributed by atoms with van der Waals surface area (Å²) >= 11 is 1.28. The van der Waals surface area contributed by atoms with Gasteiger partial charge < -0.3 is 4.90 Å². The number of hydrogen-bond acceptors (Lipinski definition) is 3. The number of nitrogens with zero attached hydrogens (tertiary/aromatic N) is 1. The van der Waals surface area contributed by atoms with E-state index in [1.165, 1.54) is 11.8 Å². The van der Waals surface area contributed by atoms with Gasteiger partial charge in [-0.2, -0.15) is 0 Å². The number of hydrogen-bond donors (Lipinski definition) is 0. The maximum atomic E-state index is 12.0. The molecule has 96 valence electrons. The Kier molecular flexibility index (Phi) is 4.07. The molecule has 3 nitrogen and oxygen atoms in total. The van der Waals surface area contributed by atoms with Crippen molar-refractivity contribution < 1.29 is 9.59 Å². The molecule has 1 heterocycles. The van der Waals surface area contributed by atoms with E-state index in [-0.39, 0.29) is 22.3 Å². The van der Waals surface area contributed by atoms with Crippen molar-refractivity contribution in [3.05, 3.63) is 35.9 Å². The van der Waals surface area contributed by atoms with Crippen molar-refractivity contribution in [2.24, 2.45) is 0 Å². The van der Waals surface area contributed by atoms with E-state index in [9.17, 15) is 9.59 Å². The normalized spacial score (nSPS) is 21.1. The maximum absolute atomic E-state index is 12.0. The number of rotatable bonds is 3. The first-order valence-corrected chi connectivity index (χ1v) is 6.97. The summed E-state index contributed by atoms with van der Waals surface area (Å²) in [5.41, 5.74) is 1.14. The summed E-state index contributed by atoms with van der Waals surface area (Å²) in [6.07, 6.45) is 0.474. The van der Waals surface area contributed by atoms with Crippen LogP contribution in [-0.2, 0) is 9.59 Å². The lowest BCUT2D eigenvalue weighted by Gasteiger charge is -2.25. The van der Waals surface area contributed by atoms with Gasteiger partial charge in [0.1, 0.15) is 0 Å². The first-order valence-electron chi connectivity index (χ1n) is 6.09. The number of benzene rings is 1. The van der Waals surface area contributed by atoms with Crippen LogP contribution in [0.2, 0.25) is 0 Å². The Morgan fingerprint density at radius 2 is 2.06 bits per heavy atom. The summed E-state index contributed by atoms with van der Waals surface area (Å²) in [4.78, 5) is 24.9. The van der Waals surface area contributed by atoms with Crippen molar-refractivity contribution in [3.8, 4) is 0 Å². The summed E-state index contributed by atoms with van der Waals surface area (Å²) in [7, 11) is 0. The highest BCUT2D eigenvalue weighted by atomic mass is 32.2. The molecule has 0 saturated carbocycles. The summed E-state index contributed by atoms with van der Waals surface area (Å²) in [5, 5.41) is 0.197. The summed E-state index contributed by atoms with van der Waals surface area (Å²) in [6.45, 7) is 4.26. The van der Waals surface area contributed by atoms with Gasteiger partial charge >= 0.3 is 0 Å². The number of amides is 1. The fraction of sp³-hybridized carbons (Fsp3) is 0.429. The van der Waals surface area contributed by atoms with E-state index >= 15 is 0 Å². The SMILES string of the molecule is CC(=O)SC1CC(=O)N(C(C)c2ccccc2)C1. The van der Waals surface area contributed by atoms with Gasteiger partial charge in [0.05, 0.1) is 6.04 Å². The molecule has 1 aromatic carbocycles. The van der Waals surface area contributed by atoms with Crippen LogP contribution in [0.3, 0.4) is 0 Å². The van der Waals surface area contributed by atoms with E-state index in [2.05, 4.69) is 0 Å². The standard InChI is InChI=1S/C14H17NO2S/c1-10(12-6-4-3-5-7-12)15-9-13(8-14(15)17)18-11(2)16/h3-7,10,13H,8-9H2,1-2H3.